The van der Waals surface area contributed by atoms with E-state index in [1.807, 2.05) is 32.9 Å². The summed E-state index contributed by atoms with van der Waals surface area (Å²) in [5.74, 6) is -0.339. The van der Waals surface area contributed by atoms with Gasteiger partial charge in [-0.2, -0.15) is 0 Å². The molecule has 4 nitrogen and oxygen atoms in total. The fourth-order valence-corrected chi connectivity index (χ4v) is 2.34. The number of amides is 1. The molecular formula is C15H25Cl2NO3. The molecule has 1 fully saturated rings. The minimum atomic E-state index is -1.08. The average molecular weight is 338 g/mol. The van der Waals surface area contributed by atoms with Gasteiger partial charge in [0.2, 0.25) is 0 Å². The molecule has 0 spiro atoms. The predicted molar refractivity (Wildman–Crippen MR) is 85.6 cm³/mol. The zero-order valence-corrected chi connectivity index (χ0v) is 14.8. The predicted octanol–water partition coefficient (Wildman–Crippen LogP) is 3.37. The topological polar surface area (TPSA) is 38.8 Å². The second-order valence-corrected chi connectivity index (χ2v) is 7.02. The van der Waals surface area contributed by atoms with Crippen LogP contribution in [0.15, 0.2) is 12.2 Å². The van der Waals surface area contributed by atoms with E-state index in [0.717, 1.165) is 0 Å². The summed E-state index contributed by atoms with van der Waals surface area (Å²) in [7, 11) is 0. The fourth-order valence-electron chi connectivity index (χ4n) is 2.06. The molecule has 2 atom stereocenters. The van der Waals surface area contributed by atoms with Crippen molar-refractivity contribution < 1.29 is 14.3 Å². The molecule has 0 radical (unpaired) electrons. The highest BCUT2D eigenvalue weighted by molar-refractivity contribution is 6.53. The number of hydrogen-bond donors (Lipinski definition) is 0. The van der Waals surface area contributed by atoms with Crippen molar-refractivity contribution >= 4 is 29.1 Å². The van der Waals surface area contributed by atoms with Gasteiger partial charge in [-0.25, -0.2) is 0 Å². The van der Waals surface area contributed by atoms with Crippen molar-refractivity contribution in [1.82, 2.24) is 4.90 Å². The van der Waals surface area contributed by atoms with Crippen LogP contribution in [-0.4, -0.2) is 47.2 Å². The number of ether oxygens (including phenoxy) is 2. The van der Waals surface area contributed by atoms with E-state index in [9.17, 15) is 4.79 Å². The van der Waals surface area contributed by atoms with Crippen molar-refractivity contribution in [3.63, 3.8) is 0 Å². The first-order valence-corrected chi connectivity index (χ1v) is 8.06. The summed E-state index contributed by atoms with van der Waals surface area (Å²) in [4.78, 5) is 12.5. The Bertz CT molecular complexity index is 371. The zero-order valence-electron chi connectivity index (χ0n) is 13.3. The number of rotatable bonds is 5. The summed E-state index contributed by atoms with van der Waals surface area (Å²) < 4.78 is 11.8. The van der Waals surface area contributed by atoms with Gasteiger partial charge in [0.05, 0.1) is 18.8 Å². The minimum Gasteiger partial charge on any atom is -0.347 e. The summed E-state index contributed by atoms with van der Waals surface area (Å²) in [6.07, 6.45) is 3.34. The summed E-state index contributed by atoms with van der Waals surface area (Å²) in [6, 6.07) is 0. The van der Waals surface area contributed by atoms with Crippen molar-refractivity contribution in [1.29, 1.82) is 0 Å². The van der Waals surface area contributed by atoms with E-state index in [1.54, 1.807) is 4.90 Å². The van der Waals surface area contributed by atoms with Crippen molar-refractivity contribution in [2.24, 2.45) is 5.41 Å². The molecule has 122 valence electrons. The van der Waals surface area contributed by atoms with Gasteiger partial charge in [0.25, 0.3) is 5.91 Å². The van der Waals surface area contributed by atoms with Crippen LogP contribution >= 0.6 is 23.2 Å². The molecular weight excluding hydrogens is 313 g/mol. The lowest BCUT2D eigenvalue weighted by Gasteiger charge is -2.46. The molecule has 0 aromatic carbocycles. The number of allylic oxidation sites excluding steroid dienone is 1. The molecule has 1 aliphatic heterocycles. The molecule has 2 unspecified atom stereocenters. The molecule has 1 heterocycles. The third-order valence-electron chi connectivity index (χ3n) is 4.24. The first kappa shape index (κ1) is 18.8. The lowest BCUT2D eigenvalue weighted by Crippen LogP contribution is -2.53. The van der Waals surface area contributed by atoms with Crippen molar-refractivity contribution in [3.8, 4) is 0 Å². The number of carbonyl (C=O) groups excluding carboxylic acids is 1. The number of nitrogens with zero attached hydrogens (tertiary/aromatic N) is 1. The van der Waals surface area contributed by atoms with Gasteiger partial charge in [0.15, 0.2) is 11.1 Å². The van der Waals surface area contributed by atoms with Crippen molar-refractivity contribution in [2.75, 3.05) is 13.1 Å². The average Bonchev–Trinajstić information content (AvgIpc) is 2.40. The van der Waals surface area contributed by atoms with Crippen LogP contribution < -0.4 is 0 Å². The van der Waals surface area contributed by atoms with E-state index in [2.05, 4.69) is 13.8 Å². The van der Waals surface area contributed by atoms with Gasteiger partial charge in [-0.1, -0.05) is 49.2 Å². The van der Waals surface area contributed by atoms with E-state index in [1.165, 1.54) is 0 Å². The lowest BCUT2D eigenvalue weighted by atomic mass is 9.81. The highest BCUT2D eigenvalue weighted by Crippen LogP contribution is 2.35. The van der Waals surface area contributed by atoms with Crippen LogP contribution in [0.1, 0.15) is 34.6 Å². The van der Waals surface area contributed by atoms with Crippen LogP contribution in [0.25, 0.3) is 0 Å². The van der Waals surface area contributed by atoms with Crippen LogP contribution in [0, 0.1) is 5.41 Å². The van der Waals surface area contributed by atoms with Crippen LogP contribution in [-0.2, 0) is 14.3 Å². The maximum atomic E-state index is 12.0. The third kappa shape index (κ3) is 4.85. The smallest absolute Gasteiger partial charge is 0.256 e. The third-order valence-corrected chi connectivity index (χ3v) is 4.61. The Morgan fingerprint density at radius 1 is 1.29 bits per heavy atom. The lowest BCUT2D eigenvalue weighted by molar-refractivity contribution is -0.286. The van der Waals surface area contributed by atoms with Crippen LogP contribution in [0.3, 0.4) is 0 Å². The van der Waals surface area contributed by atoms with Gasteiger partial charge >= 0.3 is 0 Å². The monoisotopic (exact) mass is 337 g/mol. The van der Waals surface area contributed by atoms with Gasteiger partial charge in [-0.15, -0.1) is 0 Å². The number of halogens is 2. The molecule has 0 bridgehead atoms. The first-order valence-electron chi connectivity index (χ1n) is 7.19. The second kappa shape index (κ2) is 7.82. The molecule has 6 heteroatoms. The van der Waals surface area contributed by atoms with Crippen LogP contribution in [0.4, 0.5) is 0 Å². The number of hydrogen-bond acceptors (Lipinski definition) is 3. The van der Waals surface area contributed by atoms with Crippen molar-refractivity contribution in [2.45, 2.75) is 58.0 Å². The quantitative estimate of drug-likeness (QED) is 0.570. The fraction of sp³-hybridized carbons (Fsp3) is 0.800. The Balaban J connectivity index is 2.73. The summed E-state index contributed by atoms with van der Waals surface area (Å²) >= 11 is 11.4. The Hall–Kier alpha value is -0.290. The molecule has 0 aromatic rings. The molecule has 1 rings (SSSR count). The standard InChI is InChI=1S/C15H25Cl2NO3/c1-6-7-8-18(14(19)13(16)17)9-12-20-10(2)15(4,5)11(3)21-12/h6-7,10-13H,8-9H2,1-5H3/b7-6+. The highest BCUT2D eigenvalue weighted by atomic mass is 35.5. The van der Waals surface area contributed by atoms with Crippen LogP contribution in [0.5, 0.6) is 0 Å². The maximum Gasteiger partial charge on any atom is 0.256 e. The van der Waals surface area contributed by atoms with E-state index in [-0.39, 0.29) is 23.5 Å². The largest absolute Gasteiger partial charge is 0.347 e. The Labute approximate surface area is 137 Å². The van der Waals surface area contributed by atoms with Crippen molar-refractivity contribution in [3.05, 3.63) is 12.2 Å². The van der Waals surface area contributed by atoms with E-state index in [4.69, 9.17) is 32.7 Å². The van der Waals surface area contributed by atoms with Crippen LogP contribution in [0.2, 0.25) is 0 Å². The molecule has 21 heavy (non-hydrogen) atoms. The number of carbonyl (C=O) groups is 1. The molecule has 1 saturated heterocycles. The molecule has 1 aliphatic rings. The van der Waals surface area contributed by atoms with Gasteiger partial charge in [-0.05, 0) is 20.8 Å². The molecule has 0 N–H and O–H groups in total. The Morgan fingerprint density at radius 3 is 2.24 bits per heavy atom. The maximum absolute atomic E-state index is 12.0. The van der Waals surface area contributed by atoms with Gasteiger partial charge in [0.1, 0.15) is 0 Å². The van der Waals surface area contributed by atoms with E-state index < -0.39 is 11.1 Å². The van der Waals surface area contributed by atoms with Gasteiger partial charge in [-0.3, -0.25) is 4.79 Å². The first-order chi connectivity index (χ1) is 9.70. The number of alkyl halides is 2. The van der Waals surface area contributed by atoms with Gasteiger partial charge in [0, 0.05) is 12.0 Å². The second-order valence-electron chi connectivity index (χ2n) is 5.92. The summed E-state index contributed by atoms with van der Waals surface area (Å²) in [6.45, 7) is 10.9. The Morgan fingerprint density at radius 2 is 1.81 bits per heavy atom. The molecule has 0 saturated carbocycles. The normalized spacial score (nSPS) is 29.0. The van der Waals surface area contributed by atoms with E-state index in [0.29, 0.717) is 13.1 Å². The minimum absolute atomic E-state index is 0.0349. The van der Waals surface area contributed by atoms with E-state index >= 15 is 0 Å². The van der Waals surface area contributed by atoms with Gasteiger partial charge < -0.3 is 14.4 Å². The Kier molecular flexibility index (Phi) is 6.98. The summed E-state index contributed by atoms with van der Waals surface area (Å²) in [5, 5.41) is 0. The molecule has 0 aliphatic carbocycles. The molecule has 0 aromatic heterocycles. The SMILES string of the molecule is C/C=C/CN(CC1OC(C)C(C)(C)C(C)O1)C(=O)C(Cl)Cl. The summed E-state index contributed by atoms with van der Waals surface area (Å²) in [5.41, 5.74) is -0.0732. The molecule has 1 amide bonds. The highest BCUT2D eigenvalue weighted by Gasteiger charge is 2.41. The zero-order chi connectivity index (χ0) is 16.2.